The largest absolute Gasteiger partial charge is 0.486 e. The summed E-state index contributed by atoms with van der Waals surface area (Å²) in [6.45, 7) is 8.84. The number of anilines is 1. The first kappa shape index (κ1) is 26.4. The molecule has 9 heteroatoms. The van der Waals surface area contributed by atoms with E-state index in [9.17, 15) is 13.6 Å². The first-order chi connectivity index (χ1) is 19.3. The molecule has 40 heavy (non-hydrogen) atoms. The van der Waals surface area contributed by atoms with Gasteiger partial charge in [0.1, 0.15) is 6.61 Å². The number of benzene rings is 1. The highest BCUT2D eigenvalue weighted by molar-refractivity contribution is 5.86. The summed E-state index contributed by atoms with van der Waals surface area (Å²) in [7, 11) is 0. The van der Waals surface area contributed by atoms with Gasteiger partial charge in [-0.2, -0.15) is 4.39 Å². The average molecular weight is 546 g/mol. The molecule has 0 N–H and O–H groups in total. The first-order valence-electron chi connectivity index (χ1n) is 13.8. The summed E-state index contributed by atoms with van der Waals surface area (Å²) in [6.07, 6.45) is 7.53. The summed E-state index contributed by atoms with van der Waals surface area (Å²) in [5.74, 6) is -2.31. The average Bonchev–Trinajstić information content (AvgIpc) is 2.95. The van der Waals surface area contributed by atoms with Crippen molar-refractivity contribution in [2.75, 3.05) is 24.6 Å². The molecule has 4 aromatic rings. The standard InChI is InChI=1S/C31H33F2N5O2/c1-19-6-7-24(13-35-19)36-10-4-5-25(17-36)37(14-22-8-9-34-20(2)11-22)15-23-16-38-21(3)18-40-31-28(33)27(32)12-26(29(31)38)30(23)39/h6-9,11-13,16,21,25H,4-5,10,14-15,17-18H2,1-3H3/t21?,25-/m0/s1. The van der Waals surface area contributed by atoms with Crippen LogP contribution in [0, 0.1) is 25.5 Å². The SMILES string of the molecule is Cc1ccc(N2CCC[C@H](N(Cc3ccnc(C)c3)Cc3cn4c5c(c(F)c(F)cc5c3=O)OCC4C)C2)cn1. The van der Waals surface area contributed by atoms with Gasteiger partial charge in [-0.05, 0) is 69.5 Å². The summed E-state index contributed by atoms with van der Waals surface area (Å²) >= 11 is 0. The van der Waals surface area contributed by atoms with Crippen LogP contribution in [0.25, 0.3) is 10.9 Å². The number of nitrogens with zero attached hydrogens (tertiary/aromatic N) is 5. The van der Waals surface area contributed by atoms with Crippen molar-refractivity contribution in [2.45, 2.75) is 58.8 Å². The van der Waals surface area contributed by atoms with Crippen LogP contribution < -0.4 is 15.1 Å². The molecule has 7 nitrogen and oxygen atoms in total. The Morgan fingerprint density at radius 1 is 1.10 bits per heavy atom. The van der Waals surface area contributed by atoms with E-state index in [-0.39, 0.29) is 35.3 Å². The highest BCUT2D eigenvalue weighted by atomic mass is 19.2. The van der Waals surface area contributed by atoms with Crippen molar-refractivity contribution >= 4 is 16.6 Å². The minimum atomic E-state index is -1.07. The van der Waals surface area contributed by atoms with Crippen LogP contribution in [0.5, 0.6) is 5.75 Å². The number of aryl methyl sites for hydroxylation is 2. The number of hydrogen-bond acceptors (Lipinski definition) is 6. The Morgan fingerprint density at radius 3 is 2.73 bits per heavy atom. The summed E-state index contributed by atoms with van der Waals surface area (Å²) < 4.78 is 36.5. The minimum Gasteiger partial charge on any atom is -0.486 e. The maximum atomic E-state index is 14.6. The van der Waals surface area contributed by atoms with Crippen molar-refractivity contribution in [3.8, 4) is 5.75 Å². The molecular formula is C31H33F2N5O2. The van der Waals surface area contributed by atoms with E-state index in [2.05, 4.69) is 31.9 Å². The highest BCUT2D eigenvalue weighted by Crippen LogP contribution is 2.35. The van der Waals surface area contributed by atoms with Gasteiger partial charge in [-0.15, -0.1) is 0 Å². The van der Waals surface area contributed by atoms with E-state index in [0.717, 1.165) is 54.6 Å². The maximum absolute atomic E-state index is 14.6. The number of halogens is 2. The third-order valence-corrected chi connectivity index (χ3v) is 8.08. The van der Waals surface area contributed by atoms with Crippen LogP contribution in [0.2, 0.25) is 0 Å². The third kappa shape index (κ3) is 4.94. The molecule has 2 aliphatic rings. The van der Waals surface area contributed by atoms with E-state index in [1.165, 1.54) is 0 Å². The van der Waals surface area contributed by atoms with Crippen molar-refractivity contribution in [1.29, 1.82) is 0 Å². The van der Waals surface area contributed by atoms with Crippen molar-refractivity contribution < 1.29 is 13.5 Å². The Bertz CT molecular complexity index is 1620. The second-order valence-electron chi connectivity index (χ2n) is 11.1. The van der Waals surface area contributed by atoms with Gasteiger partial charge in [0.05, 0.1) is 28.8 Å². The van der Waals surface area contributed by atoms with Crippen LogP contribution >= 0.6 is 0 Å². The van der Waals surface area contributed by atoms with E-state index in [4.69, 9.17) is 4.74 Å². The lowest BCUT2D eigenvalue weighted by molar-refractivity contribution is 0.157. The van der Waals surface area contributed by atoms with Gasteiger partial charge in [0.25, 0.3) is 0 Å². The lowest BCUT2D eigenvalue weighted by Gasteiger charge is -2.40. The van der Waals surface area contributed by atoms with Gasteiger partial charge in [0.15, 0.2) is 17.0 Å². The summed E-state index contributed by atoms with van der Waals surface area (Å²) in [5, 5.41) is 0.147. The molecule has 0 radical (unpaired) electrons. The predicted molar refractivity (Wildman–Crippen MR) is 151 cm³/mol. The molecule has 6 rings (SSSR count). The van der Waals surface area contributed by atoms with Crippen LogP contribution in [0.1, 0.15) is 48.3 Å². The van der Waals surface area contributed by atoms with Crippen molar-refractivity contribution in [3.63, 3.8) is 0 Å². The fourth-order valence-corrected chi connectivity index (χ4v) is 5.97. The lowest BCUT2D eigenvalue weighted by atomic mass is 10.0. The number of aromatic nitrogens is 3. The van der Waals surface area contributed by atoms with Gasteiger partial charge < -0.3 is 14.2 Å². The van der Waals surface area contributed by atoms with Crippen LogP contribution in [0.15, 0.2) is 53.7 Å². The van der Waals surface area contributed by atoms with Gasteiger partial charge in [-0.3, -0.25) is 19.7 Å². The molecule has 1 fully saturated rings. The Labute approximate surface area is 232 Å². The van der Waals surface area contributed by atoms with Crippen molar-refractivity contribution in [2.24, 2.45) is 0 Å². The molecule has 1 unspecified atom stereocenters. The van der Waals surface area contributed by atoms with Crippen LogP contribution in [0.4, 0.5) is 14.5 Å². The normalized spacial score (nSPS) is 18.8. The van der Waals surface area contributed by atoms with Crippen LogP contribution in [-0.4, -0.2) is 45.2 Å². The molecule has 5 heterocycles. The van der Waals surface area contributed by atoms with E-state index >= 15 is 0 Å². The fraction of sp³-hybridized carbons (Fsp3) is 0.387. The van der Waals surface area contributed by atoms with Gasteiger partial charge >= 0.3 is 0 Å². The molecule has 1 saturated heterocycles. The van der Waals surface area contributed by atoms with Gasteiger partial charge in [-0.1, -0.05) is 0 Å². The molecule has 2 atom stereocenters. The number of pyridine rings is 3. The van der Waals surface area contributed by atoms with E-state index < -0.39 is 11.6 Å². The smallest absolute Gasteiger partial charge is 0.202 e. The Balaban J connectivity index is 1.39. The number of hydrogen-bond donors (Lipinski definition) is 0. The highest BCUT2D eigenvalue weighted by Gasteiger charge is 2.30. The van der Waals surface area contributed by atoms with Gasteiger partial charge in [0, 0.05) is 61.6 Å². The second kappa shape index (κ2) is 10.6. The number of piperidine rings is 1. The van der Waals surface area contributed by atoms with Gasteiger partial charge in [-0.25, -0.2) is 4.39 Å². The lowest BCUT2D eigenvalue weighted by Crippen LogP contribution is -2.48. The van der Waals surface area contributed by atoms with E-state index in [1.807, 2.05) is 56.1 Å². The Morgan fingerprint density at radius 2 is 1.95 bits per heavy atom. The van der Waals surface area contributed by atoms with Gasteiger partial charge in [0.2, 0.25) is 5.82 Å². The summed E-state index contributed by atoms with van der Waals surface area (Å²) in [6, 6.07) is 9.26. The second-order valence-corrected chi connectivity index (χ2v) is 11.1. The van der Waals surface area contributed by atoms with Crippen molar-refractivity contribution in [1.82, 2.24) is 19.4 Å². The Kier molecular flexibility index (Phi) is 7.00. The summed E-state index contributed by atoms with van der Waals surface area (Å²) in [5.41, 5.74) is 4.69. The number of rotatable bonds is 6. The maximum Gasteiger partial charge on any atom is 0.202 e. The minimum absolute atomic E-state index is 0.130. The van der Waals surface area contributed by atoms with Crippen molar-refractivity contribution in [3.05, 3.63) is 93.3 Å². The van der Waals surface area contributed by atoms with Crippen LogP contribution in [0.3, 0.4) is 0 Å². The topological polar surface area (TPSA) is 63.5 Å². The quantitative estimate of drug-likeness (QED) is 0.327. The molecule has 1 aromatic carbocycles. The Hall–Kier alpha value is -3.85. The zero-order valence-electron chi connectivity index (χ0n) is 23.0. The molecular weight excluding hydrogens is 512 g/mol. The third-order valence-electron chi connectivity index (χ3n) is 8.08. The first-order valence-corrected chi connectivity index (χ1v) is 13.8. The predicted octanol–water partition coefficient (Wildman–Crippen LogP) is 5.31. The molecule has 0 aliphatic carbocycles. The molecule has 2 aliphatic heterocycles. The molecule has 208 valence electrons. The molecule has 0 saturated carbocycles. The summed E-state index contributed by atoms with van der Waals surface area (Å²) in [4.78, 5) is 27.3. The molecule has 0 spiro atoms. The van der Waals surface area contributed by atoms with Crippen LogP contribution in [-0.2, 0) is 13.1 Å². The molecule has 0 bridgehead atoms. The number of ether oxygens (including phenoxy) is 1. The van der Waals surface area contributed by atoms with E-state index in [1.54, 1.807) is 0 Å². The zero-order chi connectivity index (χ0) is 28.0. The molecule has 3 aromatic heterocycles. The fourth-order valence-electron chi connectivity index (χ4n) is 5.97. The zero-order valence-corrected chi connectivity index (χ0v) is 23.0. The monoisotopic (exact) mass is 545 g/mol. The van der Waals surface area contributed by atoms with E-state index in [0.29, 0.717) is 24.2 Å². The molecule has 0 amide bonds.